The Morgan fingerprint density at radius 1 is 1.54 bits per heavy atom. The van der Waals surface area contributed by atoms with Gasteiger partial charge < -0.3 is 0 Å². The topological polar surface area (TPSA) is 12.0 Å². The van der Waals surface area contributed by atoms with Gasteiger partial charge in [-0.1, -0.05) is 36.8 Å². The van der Waals surface area contributed by atoms with E-state index in [2.05, 4.69) is 45.9 Å². The average Bonchev–Trinajstić information content (AvgIpc) is 2.51. The fourth-order valence-electron chi connectivity index (χ4n) is 1.93. The second-order valence-electron chi connectivity index (χ2n) is 3.29. The standard InChI is InChI=1S/C10H13BrNP/c1-13-12-10-6-5-7-8(10)3-2-4-9(7)11/h2-4,10,12-13H,5-6H2,1H3/t10-/m1/s1. The molecule has 1 aliphatic carbocycles. The molecule has 0 saturated carbocycles. The molecule has 0 aromatic heterocycles. The quantitative estimate of drug-likeness (QED) is 0.803. The molecule has 0 heterocycles. The maximum atomic E-state index is 3.60. The summed E-state index contributed by atoms with van der Waals surface area (Å²) in [5.41, 5.74) is 2.99. The summed E-state index contributed by atoms with van der Waals surface area (Å²) >= 11 is 3.60. The lowest BCUT2D eigenvalue weighted by Gasteiger charge is -2.11. The smallest absolute Gasteiger partial charge is 0.0360 e. The second-order valence-corrected chi connectivity index (χ2v) is 4.94. The predicted octanol–water partition coefficient (Wildman–Crippen LogP) is 3.25. The molecule has 0 fully saturated rings. The van der Waals surface area contributed by atoms with Crippen molar-refractivity contribution < 1.29 is 0 Å². The molecule has 0 spiro atoms. The predicted molar refractivity (Wildman–Crippen MR) is 62.6 cm³/mol. The van der Waals surface area contributed by atoms with E-state index in [4.69, 9.17) is 0 Å². The molecular weight excluding hydrogens is 245 g/mol. The van der Waals surface area contributed by atoms with E-state index in [1.807, 2.05) is 0 Å². The van der Waals surface area contributed by atoms with Crippen LogP contribution in [0.25, 0.3) is 0 Å². The Hall–Kier alpha value is 0.0900. The van der Waals surface area contributed by atoms with Gasteiger partial charge in [-0.3, -0.25) is 5.09 Å². The van der Waals surface area contributed by atoms with E-state index in [-0.39, 0.29) is 0 Å². The molecule has 1 nitrogen and oxygen atoms in total. The monoisotopic (exact) mass is 257 g/mol. The third kappa shape index (κ3) is 1.81. The van der Waals surface area contributed by atoms with Crippen molar-refractivity contribution in [1.82, 2.24) is 5.09 Å². The molecule has 1 unspecified atom stereocenters. The van der Waals surface area contributed by atoms with Crippen LogP contribution in [0.5, 0.6) is 0 Å². The van der Waals surface area contributed by atoms with Gasteiger partial charge in [-0.15, -0.1) is 0 Å². The van der Waals surface area contributed by atoms with Gasteiger partial charge in [-0.2, -0.15) is 0 Å². The van der Waals surface area contributed by atoms with Crippen molar-refractivity contribution in [3.63, 3.8) is 0 Å². The molecule has 1 aliphatic rings. The fourth-order valence-corrected chi connectivity index (χ4v) is 3.16. The number of halogens is 1. The highest BCUT2D eigenvalue weighted by molar-refractivity contribution is 9.10. The maximum Gasteiger partial charge on any atom is 0.0360 e. The number of rotatable bonds is 2. The maximum absolute atomic E-state index is 3.60. The van der Waals surface area contributed by atoms with Crippen LogP contribution in [-0.2, 0) is 6.42 Å². The molecular formula is C10H13BrNP. The van der Waals surface area contributed by atoms with Crippen LogP contribution in [0.1, 0.15) is 23.6 Å². The van der Waals surface area contributed by atoms with E-state index in [0.717, 1.165) is 8.73 Å². The molecule has 0 saturated heterocycles. The molecule has 70 valence electrons. The van der Waals surface area contributed by atoms with E-state index >= 15 is 0 Å². The van der Waals surface area contributed by atoms with Crippen molar-refractivity contribution in [1.29, 1.82) is 0 Å². The Balaban J connectivity index is 2.32. The number of nitrogens with one attached hydrogen (secondary N) is 1. The Bertz CT molecular complexity index is 314. The van der Waals surface area contributed by atoms with Crippen LogP contribution in [0.15, 0.2) is 22.7 Å². The van der Waals surface area contributed by atoms with Crippen molar-refractivity contribution in [2.24, 2.45) is 0 Å². The van der Waals surface area contributed by atoms with Crippen LogP contribution in [0.3, 0.4) is 0 Å². The highest BCUT2D eigenvalue weighted by Crippen LogP contribution is 2.36. The van der Waals surface area contributed by atoms with Crippen molar-refractivity contribution in [3.8, 4) is 0 Å². The van der Waals surface area contributed by atoms with Gasteiger partial charge in [0.2, 0.25) is 0 Å². The van der Waals surface area contributed by atoms with Gasteiger partial charge in [-0.05, 0) is 36.7 Å². The lowest BCUT2D eigenvalue weighted by atomic mass is 10.1. The van der Waals surface area contributed by atoms with Gasteiger partial charge >= 0.3 is 0 Å². The van der Waals surface area contributed by atoms with E-state index in [1.165, 1.54) is 28.4 Å². The van der Waals surface area contributed by atoms with Gasteiger partial charge in [0.05, 0.1) is 0 Å². The lowest BCUT2D eigenvalue weighted by molar-refractivity contribution is 0.664. The summed E-state index contributed by atoms with van der Waals surface area (Å²) in [5, 5.41) is 3.53. The molecule has 0 amide bonds. The van der Waals surface area contributed by atoms with Gasteiger partial charge in [0.25, 0.3) is 0 Å². The summed E-state index contributed by atoms with van der Waals surface area (Å²) in [6, 6.07) is 7.10. The van der Waals surface area contributed by atoms with E-state index in [0.29, 0.717) is 6.04 Å². The third-order valence-electron chi connectivity index (χ3n) is 2.53. The normalized spacial score (nSPS) is 21.2. The van der Waals surface area contributed by atoms with Crippen LogP contribution in [0.2, 0.25) is 0 Å². The highest BCUT2D eigenvalue weighted by atomic mass is 79.9. The number of benzene rings is 1. The zero-order valence-corrected chi connectivity index (χ0v) is 10.2. The molecule has 0 aliphatic heterocycles. The molecule has 2 atom stereocenters. The van der Waals surface area contributed by atoms with Gasteiger partial charge in [0.1, 0.15) is 0 Å². The molecule has 2 rings (SSSR count). The number of fused-ring (bicyclic) bond motifs is 1. The first-order valence-electron chi connectivity index (χ1n) is 4.52. The van der Waals surface area contributed by atoms with E-state index in [9.17, 15) is 0 Å². The second kappa shape index (κ2) is 4.08. The van der Waals surface area contributed by atoms with Crippen LogP contribution in [-0.4, -0.2) is 6.66 Å². The van der Waals surface area contributed by atoms with Crippen molar-refractivity contribution in [2.75, 3.05) is 6.66 Å². The molecule has 1 aromatic carbocycles. The summed E-state index contributed by atoms with van der Waals surface area (Å²) in [5.74, 6) is 0. The number of hydrogen-bond acceptors (Lipinski definition) is 1. The lowest BCUT2D eigenvalue weighted by Crippen LogP contribution is -2.08. The third-order valence-corrected chi connectivity index (χ3v) is 3.91. The van der Waals surface area contributed by atoms with E-state index < -0.39 is 0 Å². The molecule has 13 heavy (non-hydrogen) atoms. The zero-order valence-electron chi connectivity index (χ0n) is 7.60. The van der Waals surface area contributed by atoms with Gasteiger partial charge in [0.15, 0.2) is 0 Å². The van der Waals surface area contributed by atoms with Crippen LogP contribution in [0, 0.1) is 0 Å². The first-order chi connectivity index (χ1) is 6.33. The van der Waals surface area contributed by atoms with Crippen molar-refractivity contribution in [2.45, 2.75) is 18.9 Å². The SMILES string of the molecule is CPN[C@@H]1CCc2c(Br)cccc21. The minimum absolute atomic E-state index is 0.593. The Kier molecular flexibility index (Phi) is 3.02. The summed E-state index contributed by atoms with van der Waals surface area (Å²) in [6.45, 7) is 2.19. The first-order valence-corrected chi connectivity index (χ1v) is 6.82. The minimum atomic E-state index is 0.593. The van der Waals surface area contributed by atoms with Crippen molar-refractivity contribution in [3.05, 3.63) is 33.8 Å². The Labute approximate surface area is 89.3 Å². The molecule has 1 N–H and O–H groups in total. The molecule has 0 radical (unpaired) electrons. The Morgan fingerprint density at radius 2 is 2.38 bits per heavy atom. The fraction of sp³-hybridized carbons (Fsp3) is 0.400. The van der Waals surface area contributed by atoms with E-state index in [1.54, 1.807) is 0 Å². The summed E-state index contributed by atoms with van der Waals surface area (Å²) < 4.78 is 1.27. The van der Waals surface area contributed by atoms with Gasteiger partial charge in [-0.25, -0.2) is 0 Å². The van der Waals surface area contributed by atoms with Gasteiger partial charge in [0, 0.05) is 10.5 Å². The number of hydrogen-bond donors (Lipinski definition) is 1. The Morgan fingerprint density at radius 3 is 3.15 bits per heavy atom. The summed E-state index contributed by atoms with van der Waals surface area (Å²) in [4.78, 5) is 0. The van der Waals surface area contributed by atoms with Crippen molar-refractivity contribution >= 4 is 24.7 Å². The molecule has 0 bridgehead atoms. The highest BCUT2D eigenvalue weighted by Gasteiger charge is 2.22. The van der Waals surface area contributed by atoms with Crippen LogP contribution in [0.4, 0.5) is 0 Å². The summed E-state index contributed by atoms with van der Waals surface area (Å²) in [6.07, 6.45) is 2.46. The minimum Gasteiger partial charge on any atom is -0.291 e. The molecule has 3 heteroatoms. The van der Waals surface area contributed by atoms with Crippen LogP contribution < -0.4 is 5.09 Å². The average molecular weight is 258 g/mol. The van der Waals surface area contributed by atoms with Crippen LogP contribution >= 0.6 is 24.7 Å². The zero-order chi connectivity index (χ0) is 9.26. The summed E-state index contributed by atoms with van der Waals surface area (Å²) in [7, 11) is 0.835. The largest absolute Gasteiger partial charge is 0.291 e. The molecule has 1 aromatic rings. The first kappa shape index (κ1) is 9.64.